The molecule has 7 heteroatoms. The van der Waals surface area contributed by atoms with Gasteiger partial charge in [0.2, 0.25) is 0 Å². The maximum Gasteiger partial charge on any atom is 0.335 e. The van der Waals surface area contributed by atoms with Gasteiger partial charge in [0, 0.05) is 12.5 Å². The van der Waals surface area contributed by atoms with Crippen molar-refractivity contribution in [3.05, 3.63) is 58.6 Å². The molecule has 0 aromatic heterocycles. The van der Waals surface area contributed by atoms with Crippen molar-refractivity contribution in [1.82, 2.24) is 0 Å². The van der Waals surface area contributed by atoms with E-state index >= 15 is 0 Å². The Balaban J connectivity index is 2.14. The molecule has 0 amide bonds. The summed E-state index contributed by atoms with van der Waals surface area (Å²) in [4.78, 5) is 10.9. The van der Waals surface area contributed by atoms with Crippen molar-refractivity contribution >= 4 is 33.3 Å². The third-order valence-corrected chi connectivity index (χ3v) is 6.18. The fraction of sp³-hybridized carbons (Fsp3) is 0.188. The van der Waals surface area contributed by atoms with Crippen molar-refractivity contribution in [2.45, 2.75) is 17.7 Å². The number of nitrogens with zero attached hydrogens (tertiary/aromatic N) is 1. The maximum atomic E-state index is 13.0. The second-order valence-corrected chi connectivity index (χ2v) is 7.68. The lowest BCUT2D eigenvalue weighted by molar-refractivity contribution is 0.0696. The van der Waals surface area contributed by atoms with Gasteiger partial charge in [0.1, 0.15) is 4.90 Å². The predicted octanol–water partition coefficient (Wildman–Crippen LogP) is 3.35. The zero-order chi connectivity index (χ0) is 16.8. The van der Waals surface area contributed by atoms with Crippen LogP contribution in [0.4, 0.5) is 5.69 Å². The van der Waals surface area contributed by atoms with Gasteiger partial charge in [-0.2, -0.15) is 0 Å². The van der Waals surface area contributed by atoms with Crippen LogP contribution in [-0.4, -0.2) is 26.0 Å². The fourth-order valence-corrected chi connectivity index (χ4v) is 4.84. The zero-order valence-electron chi connectivity index (χ0n) is 12.2. The molecule has 1 aliphatic heterocycles. The summed E-state index contributed by atoms with van der Waals surface area (Å²) in [5.74, 6) is -1.14. The van der Waals surface area contributed by atoms with Crippen LogP contribution in [-0.2, 0) is 10.0 Å². The molecule has 5 nitrogen and oxygen atoms in total. The number of para-hydroxylation sites is 1. The van der Waals surface area contributed by atoms with Gasteiger partial charge in [-0.3, -0.25) is 4.31 Å². The quantitative estimate of drug-likeness (QED) is 0.920. The fourth-order valence-electron chi connectivity index (χ4n) is 2.76. The highest BCUT2D eigenvalue weighted by atomic mass is 35.5. The van der Waals surface area contributed by atoms with Crippen LogP contribution in [0.2, 0.25) is 5.02 Å². The molecule has 0 saturated carbocycles. The van der Waals surface area contributed by atoms with E-state index in [0.29, 0.717) is 12.2 Å². The summed E-state index contributed by atoms with van der Waals surface area (Å²) in [6.07, 6.45) is 0. The molecule has 2 aromatic rings. The molecular formula is C16H14ClNO4S. The van der Waals surface area contributed by atoms with E-state index in [1.807, 2.05) is 19.1 Å². The third kappa shape index (κ3) is 2.58. The molecule has 0 radical (unpaired) electrons. The summed E-state index contributed by atoms with van der Waals surface area (Å²) in [6, 6.07) is 11.0. The number of carboxylic acid groups (broad SMARTS) is 1. The van der Waals surface area contributed by atoms with Gasteiger partial charge in [-0.25, -0.2) is 13.2 Å². The number of anilines is 1. The van der Waals surface area contributed by atoms with Crippen molar-refractivity contribution in [3.63, 3.8) is 0 Å². The molecule has 1 atom stereocenters. The first-order valence-electron chi connectivity index (χ1n) is 6.97. The first-order valence-corrected chi connectivity index (χ1v) is 8.78. The van der Waals surface area contributed by atoms with E-state index in [4.69, 9.17) is 16.7 Å². The number of carboxylic acids is 1. The van der Waals surface area contributed by atoms with Crippen molar-refractivity contribution in [2.24, 2.45) is 0 Å². The summed E-state index contributed by atoms with van der Waals surface area (Å²) in [6.45, 7) is 2.25. The van der Waals surface area contributed by atoms with Crippen molar-refractivity contribution < 1.29 is 18.3 Å². The van der Waals surface area contributed by atoms with Crippen LogP contribution in [0.5, 0.6) is 0 Å². The molecular weight excluding hydrogens is 338 g/mol. The molecule has 1 aliphatic rings. The highest BCUT2D eigenvalue weighted by Gasteiger charge is 2.35. The Bertz CT molecular complexity index is 895. The van der Waals surface area contributed by atoms with Crippen LogP contribution in [0.15, 0.2) is 47.4 Å². The molecule has 1 heterocycles. The third-order valence-electron chi connectivity index (χ3n) is 3.92. The van der Waals surface area contributed by atoms with E-state index in [0.717, 1.165) is 11.6 Å². The molecule has 120 valence electrons. The number of hydrogen-bond acceptors (Lipinski definition) is 3. The van der Waals surface area contributed by atoms with Crippen molar-refractivity contribution in [1.29, 1.82) is 0 Å². The zero-order valence-corrected chi connectivity index (χ0v) is 13.8. The molecule has 0 fully saturated rings. The molecule has 0 bridgehead atoms. The Morgan fingerprint density at radius 3 is 2.65 bits per heavy atom. The number of rotatable bonds is 3. The Labute approximate surface area is 139 Å². The average molecular weight is 352 g/mol. The van der Waals surface area contributed by atoms with Gasteiger partial charge >= 0.3 is 5.97 Å². The summed E-state index contributed by atoms with van der Waals surface area (Å²) >= 11 is 6.03. The van der Waals surface area contributed by atoms with E-state index in [1.165, 1.54) is 16.4 Å². The summed E-state index contributed by atoms with van der Waals surface area (Å²) in [5.41, 5.74) is 1.44. The van der Waals surface area contributed by atoms with Gasteiger partial charge in [-0.05, 0) is 29.8 Å². The molecule has 23 heavy (non-hydrogen) atoms. The second-order valence-electron chi connectivity index (χ2n) is 5.45. The molecule has 2 aromatic carbocycles. The normalized spacial score (nSPS) is 17.1. The lowest BCUT2D eigenvalue weighted by Gasteiger charge is -2.20. The average Bonchev–Trinajstić information content (AvgIpc) is 2.86. The van der Waals surface area contributed by atoms with Crippen molar-refractivity contribution in [2.75, 3.05) is 10.8 Å². The van der Waals surface area contributed by atoms with Crippen LogP contribution >= 0.6 is 11.6 Å². The topological polar surface area (TPSA) is 74.7 Å². The van der Waals surface area contributed by atoms with Gasteiger partial charge in [0.25, 0.3) is 10.0 Å². The van der Waals surface area contributed by atoms with Gasteiger partial charge in [0.05, 0.1) is 16.3 Å². The van der Waals surface area contributed by atoms with Gasteiger partial charge in [-0.15, -0.1) is 0 Å². The second kappa shape index (κ2) is 5.54. The lowest BCUT2D eigenvalue weighted by Crippen LogP contribution is -2.30. The van der Waals surface area contributed by atoms with Gasteiger partial charge < -0.3 is 5.11 Å². The summed E-state index contributed by atoms with van der Waals surface area (Å²) < 4.78 is 27.3. The number of sulfonamides is 1. The molecule has 0 spiro atoms. The number of aromatic carboxylic acids is 1. The van der Waals surface area contributed by atoms with Gasteiger partial charge in [0.15, 0.2) is 0 Å². The van der Waals surface area contributed by atoms with E-state index in [1.54, 1.807) is 12.1 Å². The Kier molecular flexibility index (Phi) is 3.82. The number of hydrogen-bond donors (Lipinski definition) is 1. The lowest BCUT2D eigenvalue weighted by atomic mass is 10.0. The van der Waals surface area contributed by atoms with Crippen LogP contribution < -0.4 is 4.31 Å². The Hall–Kier alpha value is -2.05. The summed E-state index contributed by atoms with van der Waals surface area (Å²) in [5, 5.41) is 9.09. The van der Waals surface area contributed by atoms with Crippen molar-refractivity contribution in [3.8, 4) is 0 Å². The first-order chi connectivity index (χ1) is 10.8. The van der Waals surface area contributed by atoms with Crippen LogP contribution in [0.25, 0.3) is 0 Å². The first kappa shape index (κ1) is 15.8. The van der Waals surface area contributed by atoms with E-state index < -0.39 is 16.0 Å². The van der Waals surface area contributed by atoms with Crippen LogP contribution in [0.1, 0.15) is 28.8 Å². The van der Waals surface area contributed by atoms with Gasteiger partial charge in [-0.1, -0.05) is 36.7 Å². The molecule has 3 rings (SSSR count). The highest BCUT2D eigenvalue weighted by molar-refractivity contribution is 7.93. The maximum absolute atomic E-state index is 13.0. The number of carbonyl (C=O) groups is 1. The monoisotopic (exact) mass is 351 g/mol. The minimum absolute atomic E-state index is 0.00651. The Morgan fingerprint density at radius 1 is 1.26 bits per heavy atom. The SMILES string of the molecule is C[C@H]1CN(S(=O)(=O)c2cc(C(=O)O)ccc2Cl)c2ccccc21. The minimum Gasteiger partial charge on any atom is -0.478 e. The molecule has 0 aliphatic carbocycles. The Morgan fingerprint density at radius 2 is 1.96 bits per heavy atom. The standard InChI is InChI=1S/C16H14ClNO4S/c1-10-9-18(14-5-3-2-4-12(10)14)23(21,22)15-8-11(16(19)20)6-7-13(15)17/h2-8,10H,9H2,1H3,(H,19,20)/t10-/m0/s1. The molecule has 0 saturated heterocycles. The number of benzene rings is 2. The van der Waals surface area contributed by atoms with E-state index in [2.05, 4.69) is 0 Å². The van der Waals surface area contributed by atoms with Crippen LogP contribution in [0.3, 0.4) is 0 Å². The van der Waals surface area contributed by atoms with E-state index in [-0.39, 0.29) is 21.4 Å². The molecule has 0 unspecified atom stereocenters. The smallest absolute Gasteiger partial charge is 0.335 e. The van der Waals surface area contributed by atoms with Crippen LogP contribution in [0, 0.1) is 0 Å². The largest absolute Gasteiger partial charge is 0.478 e. The highest BCUT2D eigenvalue weighted by Crippen LogP contribution is 2.40. The van der Waals surface area contributed by atoms with E-state index in [9.17, 15) is 13.2 Å². The number of fused-ring (bicyclic) bond motifs is 1. The number of halogens is 1. The minimum atomic E-state index is -3.93. The predicted molar refractivity (Wildman–Crippen MR) is 87.8 cm³/mol. The summed E-state index contributed by atoms with van der Waals surface area (Å²) in [7, 11) is -3.93. The molecule has 1 N–H and O–H groups in total.